The van der Waals surface area contributed by atoms with E-state index in [1.54, 1.807) is 37.4 Å². The molecule has 6 nitrogen and oxygen atoms in total. The first-order chi connectivity index (χ1) is 11.5. The van der Waals surface area contributed by atoms with Crippen LogP contribution in [0.15, 0.2) is 46.9 Å². The third-order valence-electron chi connectivity index (χ3n) is 3.11. The summed E-state index contributed by atoms with van der Waals surface area (Å²) in [5.74, 6) is 0.303. The Morgan fingerprint density at radius 1 is 1.08 bits per heavy atom. The standard InChI is InChI=1S/C17H17BrN2O4/c1-11-3-8-15(14(18)9-11)24-10-16(21)19-20-17(22)12-4-6-13(23-2)7-5-12/h3-9H,10H2,1-2H3,(H,19,21)(H,20,22). The number of aryl methyl sites for hydroxylation is 1. The van der Waals surface area contributed by atoms with Crippen LogP contribution < -0.4 is 20.3 Å². The van der Waals surface area contributed by atoms with E-state index in [0.29, 0.717) is 17.1 Å². The highest BCUT2D eigenvalue weighted by Crippen LogP contribution is 2.25. The van der Waals surface area contributed by atoms with Crippen LogP contribution in [0.5, 0.6) is 11.5 Å². The molecule has 0 spiro atoms. The van der Waals surface area contributed by atoms with Gasteiger partial charge >= 0.3 is 0 Å². The van der Waals surface area contributed by atoms with Gasteiger partial charge in [0.1, 0.15) is 11.5 Å². The SMILES string of the molecule is COc1ccc(C(=O)NNC(=O)COc2ccc(C)cc2Br)cc1. The minimum atomic E-state index is -0.468. The van der Waals surface area contributed by atoms with Crippen molar-refractivity contribution in [2.24, 2.45) is 0 Å². The maximum Gasteiger partial charge on any atom is 0.276 e. The van der Waals surface area contributed by atoms with E-state index in [4.69, 9.17) is 9.47 Å². The quantitative estimate of drug-likeness (QED) is 0.766. The molecule has 24 heavy (non-hydrogen) atoms. The molecule has 0 aliphatic heterocycles. The zero-order chi connectivity index (χ0) is 17.5. The molecule has 126 valence electrons. The number of nitrogens with one attached hydrogen (secondary N) is 2. The fourth-order valence-electron chi connectivity index (χ4n) is 1.84. The van der Waals surface area contributed by atoms with E-state index >= 15 is 0 Å². The summed E-state index contributed by atoms with van der Waals surface area (Å²) in [5, 5.41) is 0. The van der Waals surface area contributed by atoms with Crippen LogP contribution in [-0.2, 0) is 4.79 Å². The fraction of sp³-hybridized carbons (Fsp3) is 0.176. The summed E-state index contributed by atoms with van der Waals surface area (Å²) in [6.45, 7) is 1.74. The van der Waals surface area contributed by atoms with Crippen molar-refractivity contribution in [3.63, 3.8) is 0 Å². The Kier molecular flexibility index (Phi) is 6.20. The number of hydrogen-bond donors (Lipinski definition) is 2. The van der Waals surface area contributed by atoms with E-state index in [1.807, 2.05) is 19.1 Å². The highest BCUT2D eigenvalue weighted by molar-refractivity contribution is 9.10. The molecule has 0 heterocycles. The van der Waals surface area contributed by atoms with Crippen molar-refractivity contribution in [1.29, 1.82) is 0 Å². The van der Waals surface area contributed by atoms with Gasteiger partial charge in [-0.2, -0.15) is 0 Å². The number of amides is 2. The second kappa shape index (κ2) is 8.35. The van der Waals surface area contributed by atoms with Gasteiger partial charge in [-0.3, -0.25) is 20.4 Å². The lowest BCUT2D eigenvalue weighted by Gasteiger charge is -2.10. The summed E-state index contributed by atoms with van der Waals surface area (Å²) in [7, 11) is 1.54. The largest absolute Gasteiger partial charge is 0.497 e. The average Bonchev–Trinajstić information content (AvgIpc) is 2.59. The minimum Gasteiger partial charge on any atom is -0.497 e. The monoisotopic (exact) mass is 392 g/mol. The average molecular weight is 393 g/mol. The van der Waals surface area contributed by atoms with Crippen molar-refractivity contribution in [2.45, 2.75) is 6.92 Å². The second-order valence-corrected chi connectivity index (χ2v) is 5.81. The lowest BCUT2D eigenvalue weighted by Crippen LogP contribution is -2.43. The lowest BCUT2D eigenvalue weighted by atomic mass is 10.2. The van der Waals surface area contributed by atoms with Crippen LogP contribution >= 0.6 is 15.9 Å². The van der Waals surface area contributed by atoms with Gasteiger partial charge < -0.3 is 9.47 Å². The molecule has 0 aliphatic carbocycles. The first-order valence-corrected chi connectivity index (χ1v) is 7.91. The Bertz CT molecular complexity index is 732. The number of benzene rings is 2. The smallest absolute Gasteiger partial charge is 0.276 e. The molecule has 0 saturated heterocycles. The maximum atomic E-state index is 11.9. The van der Waals surface area contributed by atoms with Crippen LogP contribution in [0.3, 0.4) is 0 Å². The highest BCUT2D eigenvalue weighted by Gasteiger charge is 2.09. The molecule has 7 heteroatoms. The van der Waals surface area contributed by atoms with Gasteiger partial charge in [-0.05, 0) is 64.8 Å². The first-order valence-electron chi connectivity index (χ1n) is 7.12. The van der Waals surface area contributed by atoms with Crippen molar-refractivity contribution in [3.05, 3.63) is 58.1 Å². The molecule has 0 saturated carbocycles. The highest BCUT2D eigenvalue weighted by atomic mass is 79.9. The topological polar surface area (TPSA) is 76.7 Å². The van der Waals surface area contributed by atoms with Gasteiger partial charge in [0, 0.05) is 5.56 Å². The van der Waals surface area contributed by atoms with E-state index < -0.39 is 11.8 Å². The Balaban J connectivity index is 1.80. The molecular formula is C17H17BrN2O4. The third-order valence-corrected chi connectivity index (χ3v) is 3.73. The molecule has 0 bridgehead atoms. The zero-order valence-electron chi connectivity index (χ0n) is 13.3. The summed E-state index contributed by atoms with van der Waals surface area (Å²) >= 11 is 3.37. The van der Waals surface area contributed by atoms with Crippen LogP contribution in [0.1, 0.15) is 15.9 Å². The summed E-state index contributed by atoms with van der Waals surface area (Å²) in [5.41, 5.74) is 6.10. The molecule has 2 rings (SSSR count). The minimum absolute atomic E-state index is 0.218. The number of methoxy groups -OCH3 is 1. The van der Waals surface area contributed by atoms with E-state index in [2.05, 4.69) is 26.8 Å². The van der Waals surface area contributed by atoms with Crippen molar-refractivity contribution in [3.8, 4) is 11.5 Å². The van der Waals surface area contributed by atoms with Gasteiger partial charge in [-0.25, -0.2) is 0 Å². The molecule has 2 amide bonds. The summed E-state index contributed by atoms with van der Waals surface area (Å²) in [6.07, 6.45) is 0. The predicted molar refractivity (Wildman–Crippen MR) is 93.0 cm³/mol. The van der Waals surface area contributed by atoms with Gasteiger partial charge in [0.15, 0.2) is 6.61 Å². The molecule has 0 atom stereocenters. The molecule has 2 aromatic rings. The Labute approximate surface area is 148 Å². The van der Waals surface area contributed by atoms with Gasteiger partial charge in [0.2, 0.25) is 0 Å². The van der Waals surface area contributed by atoms with Gasteiger partial charge in [-0.15, -0.1) is 0 Å². The normalized spacial score (nSPS) is 9.96. The lowest BCUT2D eigenvalue weighted by molar-refractivity contribution is -0.123. The number of carbonyl (C=O) groups is 2. The van der Waals surface area contributed by atoms with Crippen LogP contribution in [-0.4, -0.2) is 25.5 Å². The van der Waals surface area contributed by atoms with Crippen LogP contribution in [0, 0.1) is 6.92 Å². The zero-order valence-corrected chi connectivity index (χ0v) is 14.8. The maximum absolute atomic E-state index is 11.9. The van der Waals surface area contributed by atoms with Crippen molar-refractivity contribution >= 4 is 27.7 Å². The predicted octanol–water partition coefficient (Wildman–Crippen LogP) is 2.61. The molecule has 0 unspecified atom stereocenters. The Morgan fingerprint density at radius 3 is 2.42 bits per heavy atom. The van der Waals surface area contributed by atoms with Crippen LogP contribution in [0.25, 0.3) is 0 Å². The number of rotatable bonds is 5. The number of halogens is 1. The van der Waals surface area contributed by atoms with Crippen molar-refractivity contribution in [1.82, 2.24) is 10.9 Å². The molecule has 0 aliphatic rings. The van der Waals surface area contributed by atoms with E-state index in [9.17, 15) is 9.59 Å². The second-order valence-electron chi connectivity index (χ2n) is 4.95. The number of hydrazine groups is 1. The summed E-state index contributed by atoms with van der Waals surface area (Å²) < 4.78 is 11.2. The molecule has 0 fully saturated rings. The molecule has 0 radical (unpaired) electrons. The number of ether oxygens (including phenoxy) is 2. The Hall–Kier alpha value is -2.54. The molecular weight excluding hydrogens is 376 g/mol. The molecule has 2 N–H and O–H groups in total. The van der Waals surface area contributed by atoms with Crippen molar-refractivity contribution in [2.75, 3.05) is 13.7 Å². The van der Waals surface area contributed by atoms with Crippen LogP contribution in [0.2, 0.25) is 0 Å². The van der Waals surface area contributed by atoms with Gasteiger partial charge in [-0.1, -0.05) is 6.07 Å². The van der Waals surface area contributed by atoms with Crippen LogP contribution in [0.4, 0.5) is 0 Å². The number of hydrogen-bond acceptors (Lipinski definition) is 4. The first kappa shape index (κ1) is 17.8. The van der Waals surface area contributed by atoms with E-state index in [0.717, 1.165) is 10.0 Å². The number of carbonyl (C=O) groups excluding carboxylic acids is 2. The van der Waals surface area contributed by atoms with Gasteiger partial charge in [0.05, 0.1) is 11.6 Å². The van der Waals surface area contributed by atoms with E-state index in [-0.39, 0.29) is 6.61 Å². The molecule has 0 aromatic heterocycles. The third kappa shape index (κ3) is 4.99. The van der Waals surface area contributed by atoms with E-state index in [1.165, 1.54) is 0 Å². The summed E-state index contributed by atoms with van der Waals surface area (Å²) in [6, 6.07) is 12.1. The van der Waals surface area contributed by atoms with Gasteiger partial charge in [0.25, 0.3) is 11.8 Å². The fourth-order valence-corrected chi connectivity index (χ4v) is 2.45. The Morgan fingerprint density at radius 2 is 1.79 bits per heavy atom. The van der Waals surface area contributed by atoms with Crippen molar-refractivity contribution < 1.29 is 19.1 Å². The summed E-state index contributed by atoms with van der Waals surface area (Å²) in [4.78, 5) is 23.6. The molecule has 2 aromatic carbocycles.